The standard InChI is InChI=1S/C43H52F17NO7Si/c1-9-65-34(62)28(7)12-10-11-27(6)33(68-35(63)61-30-15-19-31(64-8)20-16-30)29-13-17-32(18-14-29)66-22-23-67-69(25(2)3,26(4)5)24-21-36(44,45)37(46,47)38(48,49)39(50,51)40(52,53)41(54,55)42(56,57)43(58,59)60/h12-20,25-27,33H,9-11,21-24H2,1-8H3,(H,61,63)/b28-12+/t27-,33+/m1/s1. The summed E-state index contributed by atoms with van der Waals surface area (Å²) in [6.07, 6.45) is -9.68. The van der Waals surface area contributed by atoms with Crippen molar-refractivity contribution in [1.29, 1.82) is 0 Å². The summed E-state index contributed by atoms with van der Waals surface area (Å²) in [6.45, 7) is 9.53. The fourth-order valence-electron chi connectivity index (χ4n) is 6.99. The number of amides is 1. The van der Waals surface area contributed by atoms with Gasteiger partial charge >= 0.3 is 59.7 Å². The number of benzene rings is 2. The first-order valence-corrected chi connectivity index (χ1v) is 23.2. The summed E-state index contributed by atoms with van der Waals surface area (Å²) in [5.74, 6) is -57.1. The summed E-state index contributed by atoms with van der Waals surface area (Å²) >= 11 is 0. The van der Waals surface area contributed by atoms with Crippen LogP contribution >= 0.6 is 0 Å². The highest BCUT2D eigenvalue weighted by atomic mass is 28.4. The van der Waals surface area contributed by atoms with Crippen molar-refractivity contribution >= 4 is 26.1 Å². The second-order valence-electron chi connectivity index (χ2n) is 16.5. The third-order valence-corrected chi connectivity index (χ3v) is 16.9. The van der Waals surface area contributed by atoms with Gasteiger partial charge in [-0.05, 0) is 91.7 Å². The Kier molecular flexibility index (Phi) is 20.0. The summed E-state index contributed by atoms with van der Waals surface area (Å²) in [5, 5.41) is 2.61. The molecule has 8 nitrogen and oxygen atoms in total. The monoisotopic (exact) mass is 1050 g/mol. The summed E-state index contributed by atoms with van der Waals surface area (Å²) < 4.78 is 264. The van der Waals surface area contributed by atoms with Gasteiger partial charge in [-0.1, -0.05) is 52.8 Å². The number of anilines is 1. The van der Waals surface area contributed by atoms with Crippen LogP contribution in [0.4, 0.5) is 85.1 Å². The zero-order valence-corrected chi connectivity index (χ0v) is 39.2. The highest BCUT2D eigenvalue weighted by Gasteiger charge is 2.95. The fraction of sp³-hybridized carbons (Fsp3) is 0.628. The quantitative estimate of drug-likeness (QED) is 0.0330. The number of ether oxygens (including phenoxy) is 4. The molecule has 0 bridgehead atoms. The molecule has 0 unspecified atom stereocenters. The van der Waals surface area contributed by atoms with E-state index >= 15 is 8.78 Å². The summed E-state index contributed by atoms with van der Waals surface area (Å²) in [7, 11) is -2.56. The number of carbonyl (C=O) groups excluding carboxylic acids is 2. The van der Waals surface area contributed by atoms with Crippen molar-refractivity contribution in [1.82, 2.24) is 0 Å². The minimum Gasteiger partial charge on any atom is -0.497 e. The molecule has 0 aliphatic carbocycles. The number of halogens is 17. The van der Waals surface area contributed by atoms with Crippen LogP contribution in [-0.4, -0.2) is 94.9 Å². The number of allylic oxidation sites excluding steroid dienone is 1. The van der Waals surface area contributed by atoms with Crippen molar-refractivity contribution in [2.75, 3.05) is 32.2 Å². The van der Waals surface area contributed by atoms with Gasteiger partial charge in [0.15, 0.2) is 8.32 Å². The van der Waals surface area contributed by atoms with Gasteiger partial charge in [-0.2, -0.15) is 74.6 Å². The summed E-state index contributed by atoms with van der Waals surface area (Å²) in [4.78, 5) is 25.1. The average Bonchev–Trinajstić information content (AvgIpc) is 3.24. The molecule has 0 saturated carbocycles. The van der Waals surface area contributed by atoms with Crippen molar-refractivity contribution in [3.63, 3.8) is 0 Å². The van der Waals surface area contributed by atoms with E-state index < -0.39 is 111 Å². The Hall–Kier alpha value is -4.49. The molecular weight excluding hydrogens is 994 g/mol. The molecule has 1 amide bonds. The van der Waals surface area contributed by atoms with E-state index in [1.807, 2.05) is 0 Å². The molecule has 26 heteroatoms. The van der Waals surface area contributed by atoms with Crippen LogP contribution in [0.25, 0.3) is 0 Å². The van der Waals surface area contributed by atoms with Crippen molar-refractivity contribution in [2.24, 2.45) is 5.92 Å². The molecule has 2 rings (SSSR count). The number of rotatable bonds is 26. The zero-order chi connectivity index (χ0) is 53.4. The van der Waals surface area contributed by atoms with Gasteiger partial charge in [-0.3, -0.25) is 5.32 Å². The van der Waals surface area contributed by atoms with E-state index in [0.29, 0.717) is 35.4 Å². The molecule has 394 valence electrons. The van der Waals surface area contributed by atoms with Gasteiger partial charge in [-0.25, -0.2) is 9.59 Å². The Morgan fingerprint density at radius 1 is 0.667 bits per heavy atom. The molecule has 0 fully saturated rings. The predicted molar refractivity (Wildman–Crippen MR) is 219 cm³/mol. The smallest absolute Gasteiger partial charge is 0.460 e. The van der Waals surface area contributed by atoms with E-state index in [-0.39, 0.29) is 18.3 Å². The molecule has 69 heavy (non-hydrogen) atoms. The largest absolute Gasteiger partial charge is 0.497 e. The molecule has 0 spiro atoms. The number of hydrogen-bond acceptors (Lipinski definition) is 7. The van der Waals surface area contributed by atoms with Gasteiger partial charge in [0.1, 0.15) is 24.2 Å². The number of hydrogen-bond donors (Lipinski definition) is 1. The third kappa shape index (κ3) is 12.9. The lowest BCUT2D eigenvalue weighted by atomic mass is 9.88. The van der Waals surface area contributed by atoms with Gasteiger partial charge < -0.3 is 23.4 Å². The number of methoxy groups -OCH3 is 1. The molecule has 0 aliphatic heterocycles. The molecular formula is C43H52F17NO7Si. The molecule has 1 N–H and O–H groups in total. The first-order valence-electron chi connectivity index (χ1n) is 20.9. The molecule has 0 aromatic heterocycles. The summed E-state index contributed by atoms with van der Waals surface area (Å²) in [5.41, 5.74) is -0.573. The van der Waals surface area contributed by atoms with Gasteiger partial charge in [0, 0.05) is 17.7 Å². The first-order chi connectivity index (χ1) is 31.4. The Morgan fingerprint density at radius 2 is 1.14 bits per heavy atom. The van der Waals surface area contributed by atoms with Crippen molar-refractivity contribution in [3.8, 4) is 11.5 Å². The molecule has 2 aromatic carbocycles. The number of carbonyl (C=O) groups is 2. The SMILES string of the molecule is CCOC(=O)/C(C)=C/CC[C@@H](C)[C@H](OC(=O)Nc1ccc(OC)cc1)c1ccc(OCCO[Si](CCC(F)(F)C(F)(F)C(F)(F)C(F)(F)C(F)(F)C(F)(F)C(F)(F)C(F)(F)F)(C(C)C)C(C)C)cc1. The molecule has 0 heterocycles. The molecule has 2 aromatic rings. The van der Waals surface area contributed by atoms with Crippen molar-refractivity contribution in [2.45, 2.75) is 139 Å². The summed E-state index contributed by atoms with van der Waals surface area (Å²) in [6, 6.07) is 10.9. The lowest BCUT2D eigenvalue weighted by Gasteiger charge is -2.44. The maximum absolute atomic E-state index is 15.0. The highest BCUT2D eigenvalue weighted by molar-refractivity contribution is 6.76. The topological polar surface area (TPSA) is 92.3 Å². The van der Waals surface area contributed by atoms with E-state index in [1.165, 1.54) is 59.1 Å². The minimum atomic E-state index is -8.70. The normalized spacial score (nSPS) is 15.0. The number of alkyl halides is 17. The third-order valence-electron chi connectivity index (χ3n) is 11.3. The molecule has 0 saturated heterocycles. The minimum absolute atomic E-state index is 0.135. The number of nitrogens with one attached hydrogen (secondary N) is 1. The Morgan fingerprint density at radius 3 is 1.61 bits per heavy atom. The highest BCUT2D eigenvalue weighted by Crippen LogP contribution is 2.64. The Balaban J connectivity index is 2.30. The van der Waals surface area contributed by atoms with Crippen LogP contribution < -0.4 is 14.8 Å². The predicted octanol–water partition coefficient (Wildman–Crippen LogP) is 14.5. The second kappa shape index (κ2) is 22.7. The fourth-order valence-corrected chi connectivity index (χ4v) is 11.5. The van der Waals surface area contributed by atoms with Gasteiger partial charge in [0.05, 0.1) is 20.3 Å². The zero-order valence-electron chi connectivity index (χ0n) is 38.2. The average molecular weight is 1050 g/mol. The van der Waals surface area contributed by atoms with Crippen LogP contribution in [0.2, 0.25) is 17.1 Å². The van der Waals surface area contributed by atoms with Gasteiger partial charge in [0.25, 0.3) is 0 Å². The van der Waals surface area contributed by atoms with E-state index in [9.17, 15) is 75.4 Å². The van der Waals surface area contributed by atoms with Gasteiger partial charge in [0.2, 0.25) is 0 Å². The maximum atomic E-state index is 15.0. The lowest BCUT2D eigenvalue weighted by molar-refractivity contribution is -0.461. The van der Waals surface area contributed by atoms with Crippen LogP contribution in [-0.2, 0) is 18.7 Å². The van der Waals surface area contributed by atoms with Crippen molar-refractivity contribution < 1.29 is 108 Å². The van der Waals surface area contributed by atoms with Crippen LogP contribution in [0.15, 0.2) is 60.2 Å². The molecule has 0 aliphatic rings. The van der Waals surface area contributed by atoms with E-state index in [2.05, 4.69) is 5.32 Å². The first kappa shape index (κ1) is 60.6. The Labute approximate surface area is 387 Å². The molecule has 0 radical (unpaired) electrons. The van der Waals surface area contributed by atoms with Crippen LogP contribution in [0, 0.1) is 5.92 Å². The van der Waals surface area contributed by atoms with Crippen LogP contribution in [0.5, 0.6) is 11.5 Å². The lowest BCUT2D eigenvalue weighted by Crippen LogP contribution is -2.74. The van der Waals surface area contributed by atoms with E-state index in [0.717, 1.165) is 0 Å². The molecule has 2 atom stereocenters. The second-order valence-corrected chi connectivity index (χ2v) is 21.5. The van der Waals surface area contributed by atoms with Gasteiger partial charge in [-0.15, -0.1) is 0 Å². The van der Waals surface area contributed by atoms with Crippen LogP contribution in [0.1, 0.15) is 79.4 Å². The Bertz CT molecular complexity index is 2010. The van der Waals surface area contributed by atoms with Crippen molar-refractivity contribution in [3.05, 3.63) is 65.7 Å². The van der Waals surface area contributed by atoms with Crippen LogP contribution in [0.3, 0.4) is 0 Å². The maximum Gasteiger partial charge on any atom is 0.460 e. The van der Waals surface area contributed by atoms with E-state index in [4.69, 9.17) is 23.4 Å². The van der Waals surface area contributed by atoms with E-state index in [1.54, 1.807) is 51.1 Å². The number of esters is 1.